The van der Waals surface area contributed by atoms with Crippen molar-refractivity contribution < 1.29 is 0 Å². The quantitative estimate of drug-likeness (QED) is 0.227. The van der Waals surface area contributed by atoms with Crippen molar-refractivity contribution in [3.63, 3.8) is 0 Å². The van der Waals surface area contributed by atoms with Crippen LogP contribution in [0.1, 0.15) is 40.2 Å². The average molecular weight is 532 g/mol. The summed E-state index contributed by atoms with van der Waals surface area (Å²) in [4.78, 5) is 3.94. The molecule has 8 rings (SSSR count). The van der Waals surface area contributed by atoms with Gasteiger partial charge in [0.2, 0.25) is 0 Å². The zero-order valence-corrected chi connectivity index (χ0v) is 23.0. The van der Waals surface area contributed by atoms with Crippen LogP contribution in [0.25, 0.3) is 22.9 Å². The van der Waals surface area contributed by atoms with Crippen molar-refractivity contribution in [2.75, 3.05) is 4.90 Å². The Morgan fingerprint density at radius 1 is 0.675 bits per heavy atom. The van der Waals surface area contributed by atoms with Gasteiger partial charge in [-0.25, -0.2) is 0 Å². The van der Waals surface area contributed by atoms with E-state index in [9.17, 15) is 0 Å². The fourth-order valence-corrected chi connectivity index (χ4v) is 8.21. The molecule has 1 aliphatic heterocycles. The van der Waals surface area contributed by atoms with E-state index < -0.39 is 0 Å². The predicted molar refractivity (Wildman–Crippen MR) is 170 cm³/mol. The van der Waals surface area contributed by atoms with Crippen molar-refractivity contribution in [3.05, 3.63) is 161 Å². The van der Waals surface area contributed by atoms with E-state index in [1.165, 1.54) is 49.8 Å². The Bertz CT molecular complexity index is 1780. The molecule has 5 aromatic carbocycles. The molecule has 0 saturated carbocycles. The van der Waals surface area contributed by atoms with Gasteiger partial charge in [0.1, 0.15) is 0 Å². The number of hydrogen-bond acceptors (Lipinski definition) is 2. The van der Waals surface area contributed by atoms with Crippen molar-refractivity contribution in [1.82, 2.24) is 0 Å². The number of rotatable bonds is 4. The second-order valence-electron chi connectivity index (χ2n) is 10.7. The van der Waals surface area contributed by atoms with E-state index in [1.54, 1.807) is 11.1 Å². The summed E-state index contributed by atoms with van der Waals surface area (Å²) in [5.74, 6) is 0.378. The molecule has 3 aliphatic rings. The number of allylic oxidation sites excluding steroid dienone is 1. The lowest BCUT2D eigenvalue weighted by atomic mass is 9.77. The summed E-state index contributed by atoms with van der Waals surface area (Å²) >= 11 is 2.04. The predicted octanol–water partition coefficient (Wildman–Crippen LogP) is 10.1. The Hall–Kier alpha value is -4.27. The molecule has 5 aromatic rings. The molecule has 0 aromatic heterocycles. The third-order valence-electron chi connectivity index (χ3n) is 8.49. The van der Waals surface area contributed by atoms with Gasteiger partial charge in [0.15, 0.2) is 0 Å². The van der Waals surface area contributed by atoms with Gasteiger partial charge in [-0.15, -0.1) is 11.8 Å². The standard InChI is InChI=1S/C38H29NS/c1-3-13-26(14-4-1)29-18-11-12-22-33(29)39(28-16-5-2-6-17-28)34-25-36-38(32-21-10-9-20-31(32)34)37-30-19-8-7-15-27(30)23-24-35(37)40-36/h1-7,9-18,20-25,36,38H,8,19H2. The number of anilines is 2. The van der Waals surface area contributed by atoms with Gasteiger partial charge in [-0.3, -0.25) is 0 Å². The van der Waals surface area contributed by atoms with Crippen LogP contribution in [-0.2, 0) is 6.42 Å². The first-order chi connectivity index (χ1) is 19.9. The Morgan fingerprint density at radius 3 is 2.25 bits per heavy atom. The summed E-state index contributed by atoms with van der Waals surface area (Å²) in [6.45, 7) is 0. The van der Waals surface area contributed by atoms with E-state index in [4.69, 9.17) is 0 Å². The SMILES string of the molecule is C1=Cc2ccc3c(c2CC1)C1c2ccccc2C(N(c2ccccc2)c2ccccc2-c2ccccc2)=CC1S3. The molecule has 2 heteroatoms. The lowest BCUT2D eigenvalue weighted by molar-refractivity contribution is 0.807. The molecule has 1 nitrogen and oxygen atoms in total. The third-order valence-corrected chi connectivity index (χ3v) is 9.78. The van der Waals surface area contributed by atoms with Crippen molar-refractivity contribution in [3.8, 4) is 11.1 Å². The van der Waals surface area contributed by atoms with Crippen molar-refractivity contribution in [2.45, 2.75) is 28.9 Å². The monoisotopic (exact) mass is 531 g/mol. The molecule has 0 amide bonds. The van der Waals surface area contributed by atoms with E-state index in [0.717, 1.165) is 12.8 Å². The van der Waals surface area contributed by atoms with Crippen LogP contribution in [0.15, 0.2) is 138 Å². The molecule has 0 bridgehead atoms. The van der Waals surface area contributed by atoms with Gasteiger partial charge in [-0.2, -0.15) is 0 Å². The lowest BCUT2D eigenvalue weighted by Crippen LogP contribution is -2.25. The summed E-state index contributed by atoms with van der Waals surface area (Å²) in [5, 5.41) is 0.354. The summed E-state index contributed by atoms with van der Waals surface area (Å²) < 4.78 is 0. The largest absolute Gasteiger partial charge is 0.310 e. The maximum Gasteiger partial charge on any atom is 0.0540 e. The summed E-state index contributed by atoms with van der Waals surface area (Å²) in [5.41, 5.74) is 13.4. The average Bonchev–Trinajstić information content (AvgIpc) is 3.42. The zero-order valence-electron chi connectivity index (χ0n) is 22.2. The topological polar surface area (TPSA) is 3.24 Å². The van der Waals surface area contributed by atoms with Crippen LogP contribution in [0, 0.1) is 0 Å². The maximum absolute atomic E-state index is 2.55. The number of para-hydroxylation sites is 2. The summed E-state index contributed by atoms with van der Waals surface area (Å²) in [6.07, 6.45) is 9.47. The van der Waals surface area contributed by atoms with Gasteiger partial charge in [0, 0.05) is 32.9 Å². The van der Waals surface area contributed by atoms with Crippen LogP contribution in [-0.4, -0.2) is 5.25 Å². The van der Waals surface area contributed by atoms with E-state index in [2.05, 4.69) is 144 Å². The second-order valence-corrected chi connectivity index (χ2v) is 12.0. The normalized spacial score (nSPS) is 18.2. The van der Waals surface area contributed by atoms with Crippen molar-refractivity contribution in [1.29, 1.82) is 0 Å². The highest BCUT2D eigenvalue weighted by Crippen LogP contribution is 2.57. The first kappa shape index (κ1) is 23.6. The Labute approximate surface area is 240 Å². The van der Waals surface area contributed by atoms with Gasteiger partial charge in [-0.05, 0) is 71.0 Å². The van der Waals surface area contributed by atoms with E-state index >= 15 is 0 Å². The molecule has 2 unspecified atom stereocenters. The van der Waals surface area contributed by atoms with Crippen LogP contribution < -0.4 is 4.90 Å². The molecule has 0 spiro atoms. The molecule has 2 aliphatic carbocycles. The molecule has 0 saturated heterocycles. The van der Waals surface area contributed by atoms with E-state index in [1.807, 2.05) is 11.8 Å². The smallest absolute Gasteiger partial charge is 0.0540 e. The molecular weight excluding hydrogens is 502 g/mol. The van der Waals surface area contributed by atoms with E-state index in [-0.39, 0.29) is 0 Å². The van der Waals surface area contributed by atoms with Crippen LogP contribution in [0.5, 0.6) is 0 Å². The molecule has 192 valence electrons. The number of hydrogen-bond donors (Lipinski definition) is 0. The zero-order chi connectivity index (χ0) is 26.5. The first-order valence-corrected chi connectivity index (χ1v) is 15.0. The number of fused-ring (bicyclic) bond motifs is 7. The molecule has 40 heavy (non-hydrogen) atoms. The van der Waals surface area contributed by atoms with Crippen molar-refractivity contribution in [2.24, 2.45) is 0 Å². The highest BCUT2D eigenvalue weighted by Gasteiger charge is 2.41. The van der Waals surface area contributed by atoms with Gasteiger partial charge < -0.3 is 4.90 Å². The van der Waals surface area contributed by atoms with Crippen LogP contribution in [0.2, 0.25) is 0 Å². The number of benzene rings is 5. The van der Waals surface area contributed by atoms with Crippen molar-refractivity contribution >= 4 is 34.9 Å². The minimum atomic E-state index is 0.354. The Balaban J connectivity index is 1.35. The molecule has 0 fully saturated rings. The van der Waals surface area contributed by atoms with Crippen LogP contribution in [0.4, 0.5) is 11.4 Å². The van der Waals surface area contributed by atoms with Crippen LogP contribution >= 0.6 is 11.8 Å². The lowest BCUT2D eigenvalue weighted by Gasteiger charge is -2.36. The molecule has 1 heterocycles. The molecule has 0 radical (unpaired) electrons. The van der Waals surface area contributed by atoms with E-state index in [0.29, 0.717) is 11.2 Å². The van der Waals surface area contributed by atoms with Gasteiger partial charge in [-0.1, -0.05) is 109 Å². The maximum atomic E-state index is 2.55. The minimum Gasteiger partial charge on any atom is -0.310 e. The minimum absolute atomic E-state index is 0.354. The molecule has 0 N–H and O–H groups in total. The Morgan fingerprint density at radius 2 is 1.40 bits per heavy atom. The number of thioether (sulfide) groups is 1. The van der Waals surface area contributed by atoms with Gasteiger partial charge in [0.05, 0.1) is 11.4 Å². The Kier molecular flexibility index (Phi) is 5.74. The molecule has 2 atom stereocenters. The third kappa shape index (κ3) is 3.78. The highest BCUT2D eigenvalue weighted by molar-refractivity contribution is 8.00. The fourth-order valence-electron chi connectivity index (χ4n) is 6.78. The molecular formula is C38H29NS. The van der Waals surface area contributed by atoms with Gasteiger partial charge in [0.25, 0.3) is 0 Å². The van der Waals surface area contributed by atoms with Gasteiger partial charge >= 0.3 is 0 Å². The first-order valence-electron chi connectivity index (χ1n) is 14.2. The summed E-state index contributed by atoms with van der Waals surface area (Å²) in [7, 11) is 0. The highest BCUT2D eigenvalue weighted by atomic mass is 32.2. The second kappa shape index (κ2) is 9.73. The van der Waals surface area contributed by atoms with Crippen LogP contribution in [0.3, 0.4) is 0 Å². The summed E-state index contributed by atoms with van der Waals surface area (Å²) in [6, 6.07) is 44.3. The fraction of sp³-hybridized carbons (Fsp3) is 0.105. The number of nitrogens with zero attached hydrogens (tertiary/aromatic N) is 1.